The van der Waals surface area contributed by atoms with Crippen LogP contribution in [0, 0.1) is 0 Å². The van der Waals surface area contributed by atoms with E-state index in [1.54, 1.807) is 0 Å². The van der Waals surface area contributed by atoms with Crippen molar-refractivity contribution >= 4 is 17.7 Å². The highest BCUT2D eigenvalue weighted by atomic mass is 32.2. The molecular formula is C14H17F3N2OS. The Morgan fingerprint density at radius 2 is 2.00 bits per heavy atom. The summed E-state index contributed by atoms with van der Waals surface area (Å²) in [6, 6.07) is 2.52. The van der Waals surface area contributed by atoms with Gasteiger partial charge in [-0.3, -0.25) is 4.79 Å². The summed E-state index contributed by atoms with van der Waals surface area (Å²) in [5.74, 6) is 0.0862. The molecule has 1 aromatic rings. The largest absolute Gasteiger partial charge is 0.417 e. The second-order valence-electron chi connectivity index (χ2n) is 5.07. The number of carbonyl (C=O) groups excluding carboxylic acids is 1. The molecular weight excluding hydrogens is 301 g/mol. The molecule has 1 fully saturated rings. The van der Waals surface area contributed by atoms with Gasteiger partial charge in [-0.15, -0.1) is 0 Å². The van der Waals surface area contributed by atoms with Gasteiger partial charge in [0.25, 0.3) is 0 Å². The molecule has 0 aliphatic heterocycles. The molecule has 1 amide bonds. The molecule has 1 heterocycles. The Morgan fingerprint density at radius 3 is 2.57 bits per heavy atom. The number of rotatable bonds is 4. The van der Waals surface area contributed by atoms with Gasteiger partial charge in [-0.25, -0.2) is 4.98 Å². The quantitative estimate of drug-likeness (QED) is 0.862. The van der Waals surface area contributed by atoms with Crippen LogP contribution in [0.5, 0.6) is 0 Å². The highest BCUT2D eigenvalue weighted by molar-refractivity contribution is 7.99. The first kappa shape index (κ1) is 16.1. The van der Waals surface area contributed by atoms with Gasteiger partial charge in [0, 0.05) is 12.2 Å². The lowest BCUT2D eigenvalue weighted by atomic mass is 9.95. The number of pyridine rings is 1. The van der Waals surface area contributed by atoms with E-state index in [1.165, 1.54) is 12.5 Å². The van der Waals surface area contributed by atoms with Crippen LogP contribution in [0.4, 0.5) is 13.2 Å². The fraction of sp³-hybridized carbons (Fsp3) is 0.571. The smallest absolute Gasteiger partial charge is 0.353 e. The van der Waals surface area contributed by atoms with Crippen molar-refractivity contribution < 1.29 is 18.0 Å². The zero-order chi connectivity index (χ0) is 15.3. The van der Waals surface area contributed by atoms with Gasteiger partial charge in [0.2, 0.25) is 5.91 Å². The Morgan fingerprint density at radius 1 is 1.29 bits per heavy atom. The first-order valence-electron chi connectivity index (χ1n) is 6.90. The van der Waals surface area contributed by atoms with Crippen LogP contribution >= 0.6 is 11.8 Å². The van der Waals surface area contributed by atoms with E-state index >= 15 is 0 Å². The van der Waals surface area contributed by atoms with Crippen LogP contribution in [0.15, 0.2) is 23.4 Å². The van der Waals surface area contributed by atoms with E-state index in [4.69, 9.17) is 0 Å². The van der Waals surface area contributed by atoms with Gasteiger partial charge >= 0.3 is 6.18 Å². The lowest BCUT2D eigenvalue weighted by Gasteiger charge is -2.22. The summed E-state index contributed by atoms with van der Waals surface area (Å²) in [6.07, 6.45) is 1.92. The molecule has 0 aromatic carbocycles. The second-order valence-corrected chi connectivity index (χ2v) is 6.07. The summed E-state index contributed by atoms with van der Waals surface area (Å²) in [5, 5.41) is 3.38. The average molecular weight is 318 g/mol. The SMILES string of the molecule is O=C(CSc1ccc(C(F)(F)F)cn1)NC1CCCCC1. The molecule has 0 unspecified atom stereocenters. The summed E-state index contributed by atoms with van der Waals surface area (Å²) in [7, 11) is 0. The van der Waals surface area contributed by atoms with Crippen LogP contribution < -0.4 is 5.32 Å². The summed E-state index contributed by atoms with van der Waals surface area (Å²) < 4.78 is 37.1. The second kappa shape index (κ2) is 7.15. The van der Waals surface area contributed by atoms with Crippen LogP contribution in [0.3, 0.4) is 0 Å². The lowest BCUT2D eigenvalue weighted by molar-refractivity contribution is -0.137. The normalized spacial score (nSPS) is 16.7. The topological polar surface area (TPSA) is 42.0 Å². The van der Waals surface area contributed by atoms with Crippen molar-refractivity contribution in [2.75, 3.05) is 5.75 Å². The Bertz CT molecular complexity index is 470. The van der Waals surface area contributed by atoms with Crippen molar-refractivity contribution in [2.24, 2.45) is 0 Å². The highest BCUT2D eigenvalue weighted by Gasteiger charge is 2.30. The third kappa shape index (κ3) is 5.22. The first-order valence-corrected chi connectivity index (χ1v) is 7.89. The van der Waals surface area contributed by atoms with E-state index < -0.39 is 11.7 Å². The first-order chi connectivity index (χ1) is 9.95. The molecule has 1 N–H and O–H groups in total. The summed E-state index contributed by atoms with van der Waals surface area (Å²) in [6.45, 7) is 0. The maximum absolute atomic E-state index is 12.4. The minimum absolute atomic E-state index is 0.0893. The third-order valence-electron chi connectivity index (χ3n) is 3.39. The number of aromatic nitrogens is 1. The van der Waals surface area contributed by atoms with Crippen molar-refractivity contribution in [2.45, 2.75) is 49.3 Å². The Hall–Kier alpha value is -1.24. The van der Waals surface area contributed by atoms with Gasteiger partial charge < -0.3 is 5.32 Å². The van der Waals surface area contributed by atoms with Crippen LogP contribution in [-0.2, 0) is 11.0 Å². The number of carbonyl (C=O) groups is 1. The molecule has 3 nitrogen and oxygen atoms in total. The van der Waals surface area contributed by atoms with Crippen molar-refractivity contribution in [3.63, 3.8) is 0 Å². The minimum Gasteiger partial charge on any atom is -0.353 e. The van der Waals surface area contributed by atoms with Crippen molar-refractivity contribution in [1.29, 1.82) is 0 Å². The van der Waals surface area contributed by atoms with E-state index in [0.29, 0.717) is 5.03 Å². The molecule has 7 heteroatoms. The molecule has 0 radical (unpaired) electrons. The predicted octanol–water partition coefficient (Wildman–Crippen LogP) is 3.64. The van der Waals surface area contributed by atoms with Crippen LogP contribution in [0.25, 0.3) is 0 Å². The van der Waals surface area contributed by atoms with E-state index in [1.807, 2.05) is 0 Å². The molecule has 2 rings (SSSR count). The molecule has 0 saturated heterocycles. The molecule has 1 aliphatic carbocycles. The van der Waals surface area contributed by atoms with Gasteiger partial charge in [0.05, 0.1) is 16.3 Å². The lowest BCUT2D eigenvalue weighted by Crippen LogP contribution is -2.37. The van der Waals surface area contributed by atoms with Gasteiger partial charge in [0.1, 0.15) is 0 Å². The minimum atomic E-state index is -4.38. The zero-order valence-electron chi connectivity index (χ0n) is 11.4. The van der Waals surface area contributed by atoms with Gasteiger partial charge in [-0.1, -0.05) is 31.0 Å². The maximum Gasteiger partial charge on any atom is 0.417 e. The predicted molar refractivity (Wildman–Crippen MR) is 75.0 cm³/mol. The molecule has 0 atom stereocenters. The highest BCUT2D eigenvalue weighted by Crippen LogP contribution is 2.29. The Balaban J connectivity index is 1.78. The van der Waals surface area contributed by atoms with E-state index in [0.717, 1.165) is 49.7 Å². The van der Waals surface area contributed by atoms with Crippen LogP contribution in [-0.4, -0.2) is 22.7 Å². The molecule has 21 heavy (non-hydrogen) atoms. The fourth-order valence-corrected chi connectivity index (χ4v) is 2.94. The molecule has 0 spiro atoms. The third-order valence-corrected chi connectivity index (χ3v) is 4.33. The van der Waals surface area contributed by atoms with E-state index in [2.05, 4.69) is 10.3 Å². The van der Waals surface area contributed by atoms with Crippen molar-refractivity contribution in [1.82, 2.24) is 10.3 Å². The number of alkyl halides is 3. The van der Waals surface area contributed by atoms with E-state index in [9.17, 15) is 18.0 Å². The summed E-state index contributed by atoms with van der Waals surface area (Å²) in [5.41, 5.74) is -0.779. The molecule has 116 valence electrons. The number of hydrogen-bond acceptors (Lipinski definition) is 3. The van der Waals surface area contributed by atoms with Crippen LogP contribution in [0.2, 0.25) is 0 Å². The number of nitrogens with one attached hydrogen (secondary N) is 1. The van der Waals surface area contributed by atoms with Gasteiger partial charge in [0.15, 0.2) is 0 Å². The van der Waals surface area contributed by atoms with Crippen molar-refractivity contribution in [3.8, 4) is 0 Å². The molecule has 1 aliphatic rings. The maximum atomic E-state index is 12.4. The number of nitrogens with zero attached hydrogens (tertiary/aromatic N) is 1. The number of halogens is 3. The van der Waals surface area contributed by atoms with Gasteiger partial charge in [-0.2, -0.15) is 13.2 Å². The monoisotopic (exact) mass is 318 g/mol. The number of amides is 1. The molecule has 0 bridgehead atoms. The fourth-order valence-electron chi connectivity index (χ4n) is 2.29. The van der Waals surface area contributed by atoms with Crippen molar-refractivity contribution in [3.05, 3.63) is 23.9 Å². The van der Waals surface area contributed by atoms with Crippen LogP contribution in [0.1, 0.15) is 37.7 Å². The number of thioether (sulfide) groups is 1. The number of hydrogen-bond donors (Lipinski definition) is 1. The summed E-state index contributed by atoms with van der Waals surface area (Å²) in [4.78, 5) is 15.5. The molecule has 1 aromatic heterocycles. The standard InChI is InChI=1S/C14H17F3N2OS/c15-14(16,17)10-6-7-13(18-8-10)21-9-12(20)19-11-4-2-1-3-5-11/h6-8,11H,1-5,9H2,(H,19,20). The Labute approximate surface area is 125 Å². The van der Waals surface area contributed by atoms with Gasteiger partial charge in [-0.05, 0) is 25.0 Å². The molecule has 1 saturated carbocycles. The average Bonchev–Trinajstić information content (AvgIpc) is 2.46. The van der Waals surface area contributed by atoms with E-state index in [-0.39, 0.29) is 17.7 Å². The Kier molecular flexibility index (Phi) is 5.50. The zero-order valence-corrected chi connectivity index (χ0v) is 12.3. The summed E-state index contributed by atoms with van der Waals surface area (Å²) >= 11 is 1.15.